The molecule has 3 aliphatic rings. The van der Waals surface area contributed by atoms with Gasteiger partial charge in [-0.15, -0.1) is 0 Å². The standard InChI is InChI=1S/C11H13NO5/c1-4(11(15)16)12-9(13)7-5-2-3-6(17-5)8(7)10(12)14/h4-8H,2-3H2,1H3,(H,15,16)/t4-,5-,6+,7+,8-/m0/s1. The number of aliphatic carboxylic acids is 1. The first kappa shape index (κ1) is 10.7. The van der Waals surface area contributed by atoms with Crippen LogP contribution in [0.1, 0.15) is 19.8 Å². The maximum atomic E-state index is 12.1. The molecular formula is C11H13NO5. The number of amides is 2. The highest BCUT2D eigenvalue weighted by molar-refractivity contribution is 6.08. The number of fused-ring (bicyclic) bond motifs is 5. The minimum atomic E-state index is -1.15. The van der Waals surface area contributed by atoms with Gasteiger partial charge >= 0.3 is 5.97 Å². The number of ether oxygens (including phenoxy) is 1. The van der Waals surface area contributed by atoms with Gasteiger partial charge in [-0.25, -0.2) is 4.79 Å². The molecule has 3 aliphatic heterocycles. The second kappa shape index (κ2) is 3.29. The van der Waals surface area contributed by atoms with Crippen LogP contribution in [0.4, 0.5) is 0 Å². The molecular weight excluding hydrogens is 226 g/mol. The van der Waals surface area contributed by atoms with Gasteiger partial charge in [-0.3, -0.25) is 14.5 Å². The molecule has 17 heavy (non-hydrogen) atoms. The van der Waals surface area contributed by atoms with E-state index in [1.807, 2.05) is 0 Å². The lowest BCUT2D eigenvalue weighted by Crippen LogP contribution is -2.45. The molecule has 3 saturated heterocycles. The van der Waals surface area contributed by atoms with Crippen molar-refractivity contribution in [1.29, 1.82) is 0 Å². The minimum Gasteiger partial charge on any atom is -0.480 e. The van der Waals surface area contributed by atoms with E-state index >= 15 is 0 Å². The molecule has 0 saturated carbocycles. The molecule has 2 bridgehead atoms. The summed E-state index contributed by atoms with van der Waals surface area (Å²) in [6.07, 6.45) is 1.21. The van der Waals surface area contributed by atoms with Crippen LogP contribution in [0.3, 0.4) is 0 Å². The van der Waals surface area contributed by atoms with Crippen molar-refractivity contribution in [3.8, 4) is 0 Å². The number of rotatable bonds is 2. The second-order valence-corrected chi connectivity index (χ2v) is 4.90. The largest absolute Gasteiger partial charge is 0.480 e. The lowest BCUT2D eigenvalue weighted by atomic mass is 9.81. The van der Waals surface area contributed by atoms with Crippen LogP contribution in [0.15, 0.2) is 0 Å². The van der Waals surface area contributed by atoms with Gasteiger partial charge < -0.3 is 9.84 Å². The predicted molar refractivity (Wildman–Crippen MR) is 53.8 cm³/mol. The molecule has 6 nitrogen and oxygen atoms in total. The Balaban J connectivity index is 1.93. The van der Waals surface area contributed by atoms with Crippen molar-refractivity contribution in [1.82, 2.24) is 4.90 Å². The number of hydrogen-bond donors (Lipinski definition) is 1. The summed E-state index contributed by atoms with van der Waals surface area (Å²) in [7, 11) is 0. The van der Waals surface area contributed by atoms with E-state index in [0.717, 1.165) is 17.7 Å². The Morgan fingerprint density at radius 3 is 2.18 bits per heavy atom. The quantitative estimate of drug-likeness (QED) is 0.664. The van der Waals surface area contributed by atoms with E-state index in [1.165, 1.54) is 6.92 Å². The Hall–Kier alpha value is -1.43. The molecule has 5 atom stereocenters. The first-order valence-electron chi connectivity index (χ1n) is 5.77. The number of carboxylic acids is 1. The number of likely N-dealkylation sites (tertiary alicyclic amines) is 1. The zero-order valence-electron chi connectivity index (χ0n) is 9.33. The number of carbonyl (C=O) groups excluding carboxylic acids is 2. The first-order chi connectivity index (χ1) is 8.02. The molecule has 6 heteroatoms. The van der Waals surface area contributed by atoms with Crippen LogP contribution >= 0.6 is 0 Å². The molecule has 0 radical (unpaired) electrons. The highest BCUT2D eigenvalue weighted by Gasteiger charge is 2.63. The lowest BCUT2D eigenvalue weighted by Gasteiger charge is -2.21. The maximum absolute atomic E-state index is 12.1. The molecule has 1 N–H and O–H groups in total. The molecule has 0 aromatic heterocycles. The van der Waals surface area contributed by atoms with E-state index in [2.05, 4.69) is 0 Å². The lowest BCUT2D eigenvalue weighted by molar-refractivity contribution is -0.155. The Kier molecular flexibility index (Phi) is 2.07. The monoisotopic (exact) mass is 239 g/mol. The van der Waals surface area contributed by atoms with Crippen molar-refractivity contribution >= 4 is 17.8 Å². The SMILES string of the molecule is C[C@@H](C(=O)O)N1C(=O)[C@@H]2[C@H](C1=O)[C@@H]1CC[C@H]2O1. The zero-order chi connectivity index (χ0) is 12.3. The van der Waals surface area contributed by atoms with Crippen LogP contribution in [0.5, 0.6) is 0 Å². The number of carboxylic acid groups (broad SMARTS) is 1. The Bertz CT molecular complexity index is 392. The van der Waals surface area contributed by atoms with Crippen LogP contribution in [0.2, 0.25) is 0 Å². The normalized spacial score (nSPS) is 40.9. The fourth-order valence-corrected chi connectivity index (χ4v) is 3.23. The van der Waals surface area contributed by atoms with Crippen molar-refractivity contribution in [2.75, 3.05) is 0 Å². The summed E-state index contributed by atoms with van der Waals surface area (Å²) in [6.45, 7) is 1.36. The summed E-state index contributed by atoms with van der Waals surface area (Å²) in [6, 6.07) is -1.08. The van der Waals surface area contributed by atoms with Crippen molar-refractivity contribution < 1.29 is 24.2 Å². The van der Waals surface area contributed by atoms with E-state index in [1.54, 1.807) is 0 Å². The summed E-state index contributed by atoms with van der Waals surface area (Å²) >= 11 is 0. The third-order valence-electron chi connectivity index (χ3n) is 4.06. The maximum Gasteiger partial charge on any atom is 0.326 e. The van der Waals surface area contributed by atoms with Gasteiger partial charge in [0.2, 0.25) is 11.8 Å². The van der Waals surface area contributed by atoms with Gasteiger partial charge in [0.1, 0.15) is 6.04 Å². The number of imide groups is 1. The van der Waals surface area contributed by atoms with Crippen molar-refractivity contribution in [3.63, 3.8) is 0 Å². The number of nitrogens with zero attached hydrogens (tertiary/aromatic N) is 1. The highest BCUT2D eigenvalue weighted by Crippen LogP contribution is 2.48. The summed E-state index contributed by atoms with van der Waals surface area (Å²) in [5.74, 6) is -2.78. The molecule has 0 spiro atoms. The molecule has 0 aromatic rings. The van der Waals surface area contributed by atoms with Gasteiger partial charge in [0.15, 0.2) is 0 Å². The summed E-state index contributed by atoms with van der Waals surface area (Å²) < 4.78 is 5.55. The van der Waals surface area contributed by atoms with E-state index in [0.29, 0.717) is 0 Å². The van der Waals surface area contributed by atoms with Crippen LogP contribution < -0.4 is 0 Å². The van der Waals surface area contributed by atoms with E-state index in [-0.39, 0.29) is 24.0 Å². The number of hydrogen-bond acceptors (Lipinski definition) is 4. The van der Waals surface area contributed by atoms with Crippen molar-refractivity contribution in [2.45, 2.75) is 38.0 Å². The van der Waals surface area contributed by atoms with Gasteiger partial charge in [0, 0.05) is 0 Å². The predicted octanol–water partition coefficient (Wildman–Crippen LogP) is -0.378. The summed E-state index contributed by atoms with van der Waals surface area (Å²) in [5, 5.41) is 8.91. The molecule has 2 amide bonds. The fraction of sp³-hybridized carbons (Fsp3) is 0.727. The highest BCUT2D eigenvalue weighted by atomic mass is 16.5. The van der Waals surface area contributed by atoms with Gasteiger partial charge in [-0.1, -0.05) is 0 Å². The molecule has 3 fully saturated rings. The Morgan fingerprint density at radius 2 is 1.76 bits per heavy atom. The Morgan fingerprint density at radius 1 is 1.29 bits per heavy atom. The third-order valence-corrected chi connectivity index (χ3v) is 4.06. The molecule has 0 aromatic carbocycles. The van der Waals surface area contributed by atoms with E-state index < -0.39 is 23.8 Å². The summed E-state index contributed by atoms with van der Waals surface area (Å²) in [5.41, 5.74) is 0. The van der Waals surface area contributed by atoms with Gasteiger partial charge in [-0.05, 0) is 19.8 Å². The molecule has 3 heterocycles. The summed E-state index contributed by atoms with van der Waals surface area (Å²) in [4.78, 5) is 36.0. The van der Waals surface area contributed by atoms with Crippen molar-refractivity contribution in [2.24, 2.45) is 11.8 Å². The first-order valence-corrected chi connectivity index (χ1v) is 5.77. The van der Waals surface area contributed by atoms with Gasteiger partial charge in [-0.2, -0.15) is 0 Å². The molecule has 0 unspecified atom stereocenters. The van der Waals surface area contributed by atoms with Gasteiger partial charge in [0.05, 0.1) is 24.0 Å². The fourth-order valence-electron chi connectivity index (χ4n) is 3.23. The van der Waals surface area contributed by atoms with E-state index in [4.69, 9.17) is 9.84 Å². The van der Waals surface area contributed by atoms with Crippen LogP contribution in [0, 0.1) is 11.8 Å². The average molecular weight is 239 g/mol. The van der Waals surface area contributed by atoms with E-state index in [9.17, 15) is 14.4 Å². The molecule has 92 valence electrons. The molecule has 0 aliphatic carbocycles. The minimum absolute atomic E-state index is 0.188. The van der Waals surface area contributed by atoms with Gasteiger partial charge in [0.25, 0.3) is 0 Å². The topological polar surface area (TPSA) is 83.9 Å². The number of carbonyl (C=O) groups is 3. The van der Waals surface area contributed by atoms with Crippen LogP contribution in [-0.2, 0) is 19.1 Å². The second-order valence-electron chi connectivity index (χ2n) is 4.90. The van der Waals surface area contributed by atoms with Crippen LogP contribution in [0.25, 0.3) is 0 Å². The Labute approximate surface area is 97.5 Å². The third kappa shape index (κ3) is 1.21. The molecule has 3 rings (SSSR count). The van der Waals surface area contributed by atoms with Crippen LogP contribution in [-0.4, -0.2) is 46.0 Å². The average Bonchev–Trinajstić information content (AvgIpc) is 2.92. The van der Waals surface area contributed by atoms with Crippen molar-refractivity contribution in [3.05, 3.63) is 0 Å². The zero-order valence-corrected chi connectivity index (χ0v) is 9.33. The smallest absolute Gasteiger partial charge is 0.326 e.